The van der Waals surface area contributed by atoms with Gasteiger partial charge in [-0.1, -0.05) is 97.1 Å². The second-order valence-electron chi connectivity index (χ2n) is 10.9. The maximum absolute atomic E-state index is 5.31. The molecule has 1 aliphatic heterocycles. The molecular formula is C38H21N3S. The van der Waals surface area contributed by atoms with Gasteiger partial charge in [0.1, 0.15) is 5.69 Å². The Balaban J connectivity index is 1.46. The SMILES string of the molecule is c1ccc2c(c1)-c1nc3ccccc3nc1-n1c3ccccc3c3ccc(-c4cccc5sc6ccccc6c45)c-2c31. The van der Waals surface area contributed by atoms with Crippen LogP contribution >= 0.6 is 11.3 Å². The van der Waals surface area contributed by atoms with E-state index in [0.717, 1.165) is 33.6 Å². The molecule has 10 rings (SSSR count). The Morgan fingerprint density at radius 1 is 0.476 bits per heavy atom. The molecule has 3 aromatic heterocycles. The number of rotatable bonds is 1. The monoisotopic (exact) mass is 551 g/mol. The minimum atomic E-state index is 0.877. The van der Waals surface area contributed by atoms with Crippen LogP contribution in [-0.2, 0) is 0 Å². The van der Waals surface area contributed by atoms with Gasteiger partial charge in [-0.05, 0) is 47.0 Å². The Morgan fingerprint density at radius 2 is 1.17 bits per heavy atom. The molecule has 9 aromatic rings. The lowest BCUT2D eigenvalue weighted by atomic mass is 9.88. The van der Waals surface area contributed by atoms with Crippen LogP contribution in [0.5, 0.6) is 0 Å². The van der Waals surface area contributed by atoms with Gasteiger partial charge >= 0.3 is 0 Å². The van der Waals surface area contributed by atoms with Crippen molar-refractivity contribution in [1.29, 1.82) is 0 Å². The van der Waals surface area contributed by atoms with Crippen LogP contribution in [0.2, 0.25) is 0 Å². The summed E-state index contributed by atoms with van der Waals surface area (Å²) in [5.74, 6) is 0.877. The Hall–Kier alpha value is -5.32. The molecule has 0 N–H and O–H groups in total. The van der Waals surface area contributed by atoms with E-state index in [1.54, 1.807) is 0 Å². The fourth-order valence-electron chi connectivity index (χ4n) is 7.01. The van der Waals surface area contributed by atoms with Gasteiger partial charge in [-0.2, -0.15) is 0 Å². The molecule has 0 saturated heterocycles. The fourth-order valence-corrected chi connectivity index (χ4v) is 8.14. The Labute approximate surface area is 245 Å². The Kier molecular flexibility index (Phi) is 4.33. The smallest absolute Gasteiger partial charge is 0.165 e. The number of thiophene rings is 1. The van der Waals surface area contributed by atoms with Crippen molar-refractivity contribution in [2.75, 3.05) is 0 Å². The maximum Gasteiger partial charge on any atom is 0.165 e. The topological polar surface area (TPSA) is 30.7 Å². The van der Waals surface area contributed by atoms with E-state index >= 15 is 0 Å². The van der Waals surface area contributed by atoms with Crippen molar-refractivity contribution in [3.05, 3.63) is 127 Å². The van der Waals surface area contributed by atoms with Crippen molar-refractivity contribution in [2.24, 2.45) is 0 Å². The Bertz CT molecular complexity index is 2590. The minimum Gasteiger partial charge on any atom is -0.291 e. The van der Waals surface area contributed by atoms with E-state index in [2.05, 4.69) is 120 Å². The predicted octanol–water partition coefficient (Wildman–Crippen LogP) is 10.4. The molecule has 0 saturated carbocycles. The van der Waals surface area contributed by atoms with E-state index in [1.807, 2.05) is 23.5 Å². The first-order valence-corrected chi connectivity index (χ1v) is 15.0. The zero-order chi connectivity index (χ0) is 27.4. The Morgan fingerprint density at radius 3 is 2.07 bits per heavy atom. The first-order chi connectivity index (χ1) is 20.8. The molecule has 1 aliphatic rings. The predicted molar refractivity (Wildman–Crippen MR) is 177 cm³/mol. The highest BCUT2D eigenvalue weighted by atomic mass is 32.1. The van der Waals surface area contributed by atoms with Gasteiger partial charge in [-0.25, -0.2) is 9.97 Å². The summed E-state index contributed by atoms with van der Waals surface area (Å²) in [6.07, 6.45) is 0. The fraction of sp³-hybridized carbons (Fsp3) is 0. The number of fused-ring (bicyclic) bond motifs is 12. The average Bonchev–Trinajstić information content (AvgIpc) is 3.56. The van der Waals surface area contributed by atoms with Gasteiger partial charge in [-0.3, -0.25) is 4.57 Å². The summed E-state index contributed by atoms with van der Waals surface area (Å²) in [7, 11) is 0. The van der Waals surface area contributed by atoms with Crippen molar-refractivity contribution >= 4 is 64.3 Å². The summed E-state index contributed by atoms with van der Waals surface area (Å²) in [5.41, 5.74) is 11.0. The molecule has 3 nitrogen and oxygen atoms in total. The summed E-state index contributed by atoms with van der Waals surface area (Å²) in [5, 5.41) is 5.07. The molecule has 4 heterocycles. The lowest BCUT2D eigenvalue weighted by Gasteiger charge is -2.15. The van der Waals surface area contributed by atoms with Gasteiger partial charge in [0, 0.05) is 42.1 Å². The molecule has 0 bridgehead atoms. The quantitative estimate of drug-likeness (QED) is 0.203. The number of nitrogens with zero attached hydrogens (tertiary/aromatic N) is 3. The lowest BCUT2D eigenvalue weighted by molar-refractivity contribution is 1.09. The van der Waals surface area contributed by atoms with Gasteiger partial charge in [0.05, 0.1) is 22.1 Å². The number of hydrogen-bond donors (Lipinski definition) is 0. The second-order valence-corrected chi connectivity index (χ2v) is 12.0. The maximum atomic E-state index is 5.31. The van der Waals surface area contributed by atoms with Crippen molar-refractivity contribution in [3.63, 3.8) is 0 Å². The van der Waals surface area contributed by atoms with E-state index in [9.17, 15) is 0 Å². The number of para-hydroxylation sites is 3. The highest BCUT2D eigenvalue weighted by molar-refractivity contribution is 7.25. The normalized spacial score (nSPS) is 12.3. The zero-order valence-electron chi connectivity index (χ0n) is 22.4. The minimum absolute atomic E-state index is 0.877. The van der Waals surface area contributed by atoms with Crippen LogP contribution in [0.15, 0.2) is 127 Å². The third-order valence-electron chi connectivity index (χ3n) is 8.74. The molecule has 42 heavy (non-hydrogen) atoms. The van der Waals surface area contributed by atoms with Crippen molar-refractivity contribution in [3.8, 4) is 39.3 Å². The standard InChI is InChI=1S/C38H21N3S/c1-2-12-26-24(11-1)35-25(23-14-9-19-33-34(23)28-13-4-8-18-32(28)42-33)20-21-27-22-10-3-7-17-31(22)41(37(27)35)38-36(26)39-29-15-5-6-16-30(29)40-38/h1-21H. The molecule has 0 radical (unpaired) electrons. The summed E-state index contributed by atoms with van der Waals surface area (Å²) in [4.78, 5) is 10.6. The van der Waals surface area contributed by atoms with E-state index in [-0.39, 0.29) is 0 Å². The molecule has 0 fully saturated rings. The summed E-state index contributed by atoms with van der Waals surface area (Å²) >= 11 is 1.86. The molecule has 4 heteroatoms. The van der Waals surface area contributed by atoms with Crippen molar-refractivity contribution < 1.29 is 0 Å². The lowest BCUT2D eigenvalue weighted by Crippen LogP contribution is -2.02. The molecule has 0 aliphatic carbocycles. The van der Waals surface area contributed by atoms with Crippen molar-refractivity contribution in [1.82, 2.24) is 14.5 Å². The third kappa shape index (κ3) is 2.84. The number of benzene rings is 6. The van der Waals surface area contributed by atoms with Gasteiger partial charge in [-0.15, -0.1) is 11.3 Å². The molecule has 0 amide bonds. The van der Waals surface area contributed by atoms with Gasteiger partial charge < -0.3 is 0 Å². The number of hydrogen-bond acceptors (Lipinski definition) is 3. The zero-order valence-corrected chi connectivity index (χ0v) is 23.2. The molecule has 0 unspecified atom stereocenters. The average molecular weight is 552 g/mol. The second kappa shape index (κ2) is 8.12. The van der Waals surface area contributed by atoms with E-state index in [1.165, 1.54) is 58.7 Å². The summed E-state index contributed by atoms with van der Waals surface area (Å²) in [6.45, 7) is 0. The number of aromatic nitrogens is 3. The van der Waals surface area contributed by atoms with Crippen LogP contribution in [0.4, 0.5) is 0 Å². The molecule has 0 atom stereocenters. The van der Waals surface area contributed by atoms with Crippen LogP contribution < -0.4 is 0 Å². The third-order valence-corrected chi connectivity index (χ3v) is 9.88. The van der Waals surface area contributed by atoms with E-state index < -0.39 is 0 Å². The first-order valence-electron chi connectivity index (χ1n) is 14.2. The van der Waals surface area contributed by atoms with Crippen LogP contribution in [0.1, 0.15) is 0 Å². The summed E-state index contributed by atoms with van der Waals surface area (Å²) in [6, 6.07) is 45.8. The van der Waals surface area contributed by atoms with Crippen LogP contribution in [0, 0.1) is 0 Å². The van der Waals surface area contributed by atoms with E-state index in [0.29, 0.717) is 0 Å². The molecule has 0 spiro atoms. The van der Waals surface area contributed by atoms with Gasteiger partial charge in [0.15, 0.2) is 5.82 Å². The van der Waals surface area contributed by atoms with Gasteiger partial charge in [0.2, 0.25) is 0 Å². The molecule has 6 aromatic carbocycles. The van der Waals surface area contributed by atoms with Crippen LogP contribution in [0.3, 0.4) is 0 Å². The van der Waals surface area contributed by atoms with Crippen LogP contribution in [0.25, 0.3) is 92.3 Å². The van der Waals surface area contributed by atoms with Crippen LogP contribution in [-0.4, -0.2) is 14.5 Å². The molecular weight excluding hydrogens is 531 g/mol. The largest absolute Gasteiger partial charge is 0.291 e. The van der Waals surface area contributed by atoms with Crippen molar-refractivity contribution in [2.45, 2.75) is 0 Å². The highest BCUT2D eigenvalue weighted by Crippen LogP contribution is 2.51. The first kappa shape index (κ1) is 22.4. The summed E-state index contributed by atoms with van der Waals surface area (Å²) < 4.78 is 4.99. The highest BCUT2D eigenvalue weighted by Gasteiger charge is 2.29. The van der Waals surface area contributed by atoms with Gasteiger partial charge in [0.25, 0.3) is 0 Å². The molecule has 194 valence electrons. The van der Waals surface area contributed by atoms with E-state index in [4.69, 9.17) is 9.97 Å².